The fourth-order valence-electron chi connectivity index (χ4n) is 1.33. The average Bonchev–Trinajstić information content (AvgIpc) is 2.28. The van der Waals surface area contributed by atoms with Crippen LogP contribution in [0.3, 0.4) is 0 Å². The van der Waals surface area contributed by atoms with Gasteiger partial charge in [0.05, 0.1) is 6.61 Å². The fourth-order valence-corrected chi connectivity index (χ4v) is 1.42. The monoisotopic (exact) mass is 240 g/mol. The predicted molar refractivity (Wildman–Crippen MR) is 66.0 cm³/mol. The lowest BCUT2D eigenvalue weighted by Crippen LogP contribution is -1.97. The highest BCUT2D eigenvalue weighted by Gasteiger charge is 1.99. The van der Waals surface area contributed by atoms with Crippen LogP contribution in [-0.2, 0) is 11.2 Å². The number of halogens is 1. The molecule has 2 nitrogen and oxygen atoms in total. The molecule has 3 heteroatoms. The molecule has 0 unspecified atom stereocenters. The van der Waals surface area contributed by atoms with Gasteiger partial charge in [-0.15, -0.1) is 0 Å². The third-order valence-electron chi connectivity index (χ3n) is 2.30. The van der Waals surface area contributed by atoms with Crippen LogP contribution in [0, 0.1) is 0 Å². The number of aryl methyl sites for hydroxylation is 1. The summed E-state index contributed by atoms with van der Waals surface area (Å²) in [5.74, 6) is 0.884. The largest absolute Gasteiger partial charge is 0.494 e. The van der Waals surface area contributed by atoms with Crippen molar-refractivity contribution in [3.05, 3.63) is 29.8 Å². The minimum atomic E-state index is -0.289. The van der Waals surface area contributed by atoms with Crippen molar-refractivity contribution in [2.45, 2.75) is 32.6 Å². The third kappa shape index (κ3) is 5.17. The molecule has 0 bridgehead atoms. The number of hydrogen-bond donors (Lipinski definition) is 0. The molecule has 0 fully saturated rings. The van der Waals surface area contributed by atoms with Crippen molar-refractivity contribution in [1.29, 1.82) is 0 Å². The maximum atomic E-state index is 10.6. The van der Waals surface area contributed by atoms with Gasteiger partial charge >= 0.3 is 0 Å². The van der Waals surface area contributed by atoms with Gasteiger partial charge < -0.3 is 4.74 Å². The molecule has 0 N–H and O–H groups in total. The summed E-state index contributed by atoms with van der Waals surface area (Å²) >= 11 is 5.28. The fraction of sp³-hybridized carbons (Fsp3) is 0.462. The van der Waals surface area contributed by atoms with E-state index < -0.39 is 0 Å². The zero-order valence-electron chi connectivity index (χ0n) is 9.54. The van der Waals surface area contributed by atoms with Crippen molar-refractivity contribution in [2.75, 3.05) is 6.61 Å². The normalized spacial score (nSPS) is 10.1. The van der Waals surface area contributed by atoms with Gasteiger partial charge in [-0.25, -0.2) is 0 Å². The Balaban J connectivity index is 2.38. The molecule has 1 aromatic carbocycles. The first kappa shape index (κ1) is 13.0. The van der Waals surface area contributed by atoms with E-state index in [1.165, 1.54) is 0 Å². The molecular formula is C13H17ClO2. The number of carbonyl (C=O) groups is 1. The Bertz CT molecular complexity index is 319. The zero-order chi connectivity index (χ0) is 11.8. The summed E-state index contributed by atoms with van der Waals surface area (Å²) in [6, 6.07) is 7.82. The van der Waals surface area contributed by atoms with Crippen LogP contribution >= 0.6 is 11.6 Å². The summed E-state index contributed by atoms with van der Waals surface area (Å²) in [4.78, 5) is 10.6. The van der Waals surface area contributed by atoms with Crippen LogP contribution in [0.4, 0.5) is 0 Å². The summed E-state index contributed by atoms with van der Waals surface area (Å²) in [5, 5.41) is -0.289. The Morgan fingerprint density at radius 3 is 2.56 bits per heavy atom. The molecule has 0 heterocycles. The smallest absolute Gasteiger partial charge is 0.221 e. The van der Waals surface area contributed by atoms with Crippen LogP contribution in [0.25, 0.3) is 0 Å². The van der Waals surface area contributed by atoms with E-state index in [1.807, 2.05) is 24.3 Å². The van der Waals surface area contributed by atoms with Gasteiger partial charge in [0.15, 0.2) is 0 Å². The lowest BCUT2D eigenvalue weighted by Gasteiger charge is -2.05. The minimum Gasteiger partial charge on any atom is -0.494 e. The predicted octanol–water partition coefficient (Wildman–Crippen LogP) is 3.56. The highest BCUT2D eigenvalue weighted by Crippen LogP contribution is 2.14. The Kier molecular flexibility index (Phi) is 5.94. The molecule has 0 amide bonds. The first-order valence-corrected chi connectivity index (χ1v) is 6.00. The average molecular weight is 241 g/mol. The summed E-state index contributed by atoms with van der Waals surface area (Å²) < 4.78 is 5.53. The molecule has 0 atom stereocenters. The van der Waals surface area contributed by atoms with Crippen molar-refractivity contribution in [3.63, 3.8) is 0 Å². The minimum absolute atomic E-state index is 0.289. The second-order valence-electron chi connectivity index (χ2n) is 3.70. The molecule has 0 aliphatic heterocycles. The van der Waals surface area contributed by atoms with Crippen LogP contribution in [-0.4, -0.2) is 11.8 Å². The van der Waals surface area contributed by atoms with Gasteiger partial charge in [0.1, 0.15) is 5.75 Å². The molecule has 0 saturated carbocycles. The van der Waals surface area contributed by atoms with Gasteiger partial charge in [0.25, 0.3) is 0 Å². The summed E-state index contributed by atoms with van der Waals surface area (Å²) in [7, 11) is 0. The zero-order valence-corrected chi connectivity index (χ0v) is 10.3. The van der Waals surface area contributed by atoms with E-state index >= 15 is 0 Å². The van der Waals surface area contributed by atoms with Crippen LogP contribution in [0.2, 0.25) is 0 Å². The number of ether oxygens (including phenoxy) is 1. The van der Waals surface area contributed by atoms with E-state index in [0.717, 1.165) is 30.8 Å². The molecule has 0 aliphatic rings. The van der Waals surface area contributed by atoms with Gasteiger partial charge in [0.2, 0.25) is 5.24 Å². The van der Waals surface area contributed by atoms with E-state index in [2.05, 4.69) is 6.92 Å². The Labute approximate surface area is 102 Å². The van der Waals surface area contributed by atoms with Gasteiger partial charge in [-0.05, 0) is 42.1 Å². The number of carbonyl (C=O) groups excluding carboxylic acids is 1. The molecule has 0 aliphatic carbocycles. The first-order chi connectivity index (χ1) is 7.72. The molecule has 0 saturated heterocycles. The second-order valence-corrected chi connectivity index (χ2v) is 4.12. The Morgan fingerprint density at radius 2 is 2.00 bits per heavy atom. The first-order valence-electron chi connectivity index (χ1n) is 5.62. The number of rotatable bonds is 7. The molecule has 0 spiro atoms. The highest BCUT2D eigenvalue weighted by atomic mass is 35.5. The highest BCUT2D eigenvalue weighted by molar-refractivity contribution is 6.63. The maximum Gasteiger partial charge on any atom is 0.221 e. The molecule has 0 aromatic heterocycles. The summed E-state index contributed by atoms with van der Waals surface area (Å²) in [6.07, 6.45) is 3.29. The lowest BCUT2D eigenvalue weighted by molar-refractivity contribution is -0.111. The van der Waals surface area contributed by atoms with E-state index in [0.29, 0.717) is 12.8 Å². The molecule has 16 heavy (non-hydrogen) atoms. The maximum absolute atomic E-state index is 10.6. The molecule has 1 rings (SSSR count). The van der Waals surface area contributed by atoms with Gasteiger partial charge in [-0.1, -0.05) is 25.5 Å². The SMILES string of the molecule is CCCCOc1ccc(CCC(=O)Cl)cc1. The molecule has 1 aromatic rings. The van der Waals surface area contributed by atoms with Crippen molar-refractivity contribution < 1.29 is 9.53 Å². The van der Waals surface area contributed by atoms with E-state index in [4.69, 9.17) is 16.3 Å². The van der Waals surface area contributed by atoms with Crippen LogP contribution in [0.1, 0.15) is 31.7 Å². The van der Waals surface area contributed by atoms with Gasteiger partial charge in [0, 0.05) is 6.42 Å². The Morgan fingerprint density at radius 1 is 1.31 bits per heavy atom. The van der Waals surface area contributed by atoms with Crippen LogP contribution < -0.4 is 4.74 Å². The van der Waals surface area contributed by atoms with E-state index in [-0.39, 0.29) is 5.24 Å². The number of benzene rings is 1. The summed E-state index contributed by atoms with van der Waals surface area (Å²) in [5.41, 5.74) is 1.11. The van der Waals surface area contributed by atoms with E-state index in [9.17, 15) is 4.79 Å². The topological polar surface area (TPSA) is 26.3 Å². The van der Waals surface area contributed by atoms with Gasteiger partial charge in [-0.3, -0.25) is 4.79 Å². The molecule has 0 radical (unpaired) electrons. The number of hydrogen-bond acceptors (Lipinski definition) is 2. The Hall–Kier alpha value is -1.02. The van der Waals surface area contributed by atoms with Crippen molar-refractivity contribution in [1.82, 2.24) is 0 Å². The van der Waals surface area contributed by atoms with Crippen LogP contribution in [0.5, 0.6) is 5.75 Å². The quantitative estimate of drug-likeness (QED) is 0.538. The van der Waals surface area contributed by atoms with Crippen molar-refractivity contribution >= 4 is 16.8 Å². The van der Waals surface area contributed by atoms with Crippen LogP contribution in [0.15, 0.2) is 24.3 Å². The summed E-state index contributed by atoms with van der Waals surface area (Å²) in [6.45, 7) is 2.89. The van der Waals surface area contributed by atoms with Crippen molar-refractivity contribution in [2.24, 2.45) is 0 Å². The molecule has 88 valence electrons. The third-order valence-corrected chi connectivity index (χ3v) is 2.49. The van der Waals surface area contributed by atoms with Crippen molar-refractivity contribution in [3.8, 4) is 5.75 Å². The number of unbranched alkanes of at least 4 members (excludes halogenated alkanes) is 1. The van der Waals surface area contributed by atoms with E-state index in [1.54, 1.807) is 0 Å². The molecular weight excluding hydrogens is 224 g/mol. The standard InChI is InChI=1S/C13H17ClO2/c1-2-3-10-16-12-7-4-11(5-8-12)6-9-13(14)15/h4-5,7-8H,2-3,6,9-10H2,1H3. The van der Waals surface area contributed by atoms with Gasteiger partial charge in [-0.2, -0.15) is 0 Å². The second kappa shape index (κ2) is 7.29. The lowest BCUT2D eigenvalue weighted by atomic mass is 10.1.